The number of nitrogens with two attached hydrogens (primary N) is 1. The summed E-state index contributed by atoms with van der Waals surface area (Å²) in [6, 6.07) is 5.83. The summed E-state index contributed by atoms with van der Waals surface area (Å²) in [4.78, 5) is 4.32. The Morgan fingerprint density at radius 2 is 1.85 bits per heavy atom. The normalized spacial score (nSPS) is 19.9. The van der Waals surface area contributed by atoms with Gasteiger partial charge in [0.05, 0.1) is 11.2 Å². The Balaban J connectivity index is 2.33. The van der Waals surface area contributed by atoms with Gasteiger partial charge >= 0.3 is 7.12 Å². The Morgan fingerprint density at radius 3 is 2.35 bits per heavy atom. The molecule has 0 aliphatic carbocycles. The Labute approximate surface area is 120 Å². The molecular weight excluding hydrogens is 253 g/mol. The van der Waals surface area contributed by atoms with Crippen molar-refractivity contribution in [1.82, 2.24) is 4.98 Å². The van der Waals surface area contributed by atoms with Crippen molar-refractivity contribution in [2.75, 3.05) is 6.54 Å². The van der Waals surface area contributed by atoms with Crippen molar-refractivity contribution in [3.8, 4) is 6.07 Å². The van der Waals surface area contributed by atoms with E-state index in [-0.39, 0.29) is 0 Å². The van der Waals surface area contributed by atoms with E-state index >= 15 is 0 Å². The van der Waals surface area contributed by atoms with Crippen LogP contribution < -0.4 is 11.2 Å². The zero-order valence-corrected chi connectivity index (χ0v) is 12.4. The molecule has 1 aromatic heterocycles. The molecule has 2 N–H and O–H groups in total. The lowest BCUT2D eigenvalue weighted by atomic mass is 9.78. The molecule has 0 unspecified atom stereocenters. The van der Waals surface area contributed by atoms with Crippen molar-refractivity contribution < 1.29 is 9.31 Å². The summed E-state index contributed by atoms with van der Waals surface area (Å²) in [6.45, 7) is 8.43. The number of rotatable bonds is 3. The van der Waals surface area contributed by atoms with Crippen LogP contribution in [0.5, 0.6) is 0 Å². The van der Waals surface area contributed by atoms with E-state index in [4.69, 9.17) is 15.0 Å². The van der Waals surface area contributed by atoms with Gasteiger partial charge < -0.3 is 15.0 Å². The highest BCUT2D eigenvalue weighted by Gasteiger charge is 2.52. The average molecular weight is 273 g/mol. The second kappa shape index (κ2) is 5.17. The molecule has 2 heterocycles. The molecule has 1 fully saturated rings. The van der Waals surface area contributed by atoms with Crippen molar-refractivity contribution in [2.24, 2.45) is 5.73 Å². The summed E-state index contributed by atoms with van der Waals surface area (Å²) in [5.74, 6) is 0. The summed E-state index contributed by atoms with van der Waals surface area (Å²) in [7, 11) is -0.561. The van der Waals surface area contributed by atoms with Crippen LogP contribution >= 0.6 is 0 Å². The van der Waals surface area contributed by atoms with Crippen molar-refractivity contribution >= 4 is 12.6 Å². The fourth-order valence-corrected chi connectivity index (χ4v) is 2.05. The van der Waals surface area contributed by atoms with Gasteiger partial charge in [0.1, 0.15) is 11.8 Å². The fourth-order valence-electron chi connectivity index (χ4n) is 2.05. The van der Waals surface area contributed by atoms with Crippen LogP contribution in [-0.4, -0.2) is 29.8 Å². The minimum absolute atomic E-state index is 0.342. The lowest BCUT2D eigenvalue weighted by Crippen LogP contribution is -2.41. The molecule has 0 radical (unpaired) electrons. The number of pyridine rings is 1. The van der Waals surface area contributed by atoms with Crippen molar-refractivity contribution in [2.45, 2.75) is 45.3 Å². The molecule has 6 heteroatoms. The van der Waals surface area contributed by atoms with Crippen molar-refractivity contribution in [1.29, 1.82) is 5.26 Å². The molecule has 1 saturated heterocycles. The highest BCUT2D eigenvalue weighted by Crippen LogP contribution is 2.36. The summed E-state index contributed by atoms with van der Waals surface area (Å²) in [5, 5.41) is 9.28. The molecule has 0 aromatic carbocycles. The van der Waals surface area contributed by atoms with Gasteiger partial charge in [-0.2, -0.15) is 5.26 Å². The zero-order chi connectivity index (χ0) is 15.0. The SMILES string of the molecule is CC1(C)OB(c2ccc(CCN)nc2C#N)OC1(C)C. The maximum absolute atomic E-state index is 9.28. The van der Waals surface area contributed by atoms with Crippen LogP contribution in [0.3, 0.4) is 0 Å². The molecule has 2 rings (SSSR count). The maximum Gasteiger partial charge on any atom is 0.497 e. The van der Waals surface area contributed by atoms with Crippen LogP contribution in [0.25, 0.3) is 0 Å². The molecule has 106 valence electrons. The van der Waals surface area contributed by atoms with E-state index in [2.05, 4.69) is 11.1 Å². The molecule has 1 aliphatic heterocycles. The molecule has 1 aliphatic rings. The Hall–Kier alpha value is -1.42. The third-order valence-electron chi connectivity index (χ3n) is 4.00. The molecule has 1 aromatic rings. The zero-order valence-electron chi connectivity index (χ0n) is 12.4. The van der Waals surface area contributed by atoms with Gasteiger partial charge in [-0.25, -0.2) is 4.98 Å². The van der Waals surface area contributed by atoms with Gasteiger partial charge in [-0.3, -0.25) is 0 Å². The standard InChI is InChI=1S/C14H20BN3O2/c1-13(2)14(3,4)20-15(19-13)11-6-5-10(7-8-16)18-12(11)9-17/h5-6H,7-8,16H2,1-4H3. The molecule has 0 bridgehead atoms. The first-order valence-corrected chi connectivity index (χ1v) is 6.76. The predicted molar refractivity (Wildman–Crippen MR) is 77.4 cm³/mol. The first-order chi connectivity index (χ1) is 9.30. The van der Waals surface area contributed by atoms with Gasteiger partial charge in [-0.15, -0.1) is 0 Å². The smallest absolute Gasteiger partial charge is 0.399 e. The van der Waals surface area contributed by atoms with Gasteiger partial charge in [0.2, 0.25) is 0 Å². The lowest BCUT2D eigenvalue weighted by molar-refractivity contribution is 0.00578. The van der Waals surface area contributed by atoms with E-state index in [9.17, 15) is 5.26 Å². The van der Waals surface area contributed by atoms with Crippen LogP contribution in [-0.2, 0) is 15.7 Å². The lowest BCUT2D eigenvalue weighted by Gasteiger charge is -2.32. The van der Waals surface area contributed by atoms with Crippen LogP contribution in [0.4, 0.5) is 0 Å². The number of nitrogens with zero attached hydrogens (tertiary/aromatic N) is 2. The molecular formula is C14H20BN3O2. The monoisotopic (exact) mass is 273 g/mol. The third-order valence-corrected chi connectivity index (χ3v) is 4.00. The largest absolute Gasteiger partial charge is 0.497 e. The molecule has 5 nitrogen and oxygen atoms in total. The minimum atomic E-state index is -0.561. The summed E-state index contributed by atoms with van der Waals surface area (Å²) < 4.78 is 11.9. The summed E-state index contributed by atoms with van der Waals surface area (Å²) in [6.07, 6.45) is 0.651. The molecule has 0 saturated carbocycles. The first kappa shape index (κ1) is 15.0. The predicted octanol–water partition coefficient (Wildman–Crippen LogP) is 0.754. The molecule has 0 spiro atoms. The van der Waals surface area contributed by atoms with Gasteiger partial charge in [0, 0.05) is 17.6 Å². The number of hydrogen-bond acceptors (Lipinski definition) is 5. The summed E-state index contributed by atoms with van der Waals surface area (Å²) >= 11 is 0. The second-order valence-corrected chi connectivity index (χ2v) is 5.98. The number of nitriles is 1. The summed E-state index contributed by atoms with van der Waals surface area (Å²) in [5.41, 5.74) is 6.48. The highest BCUT2D eigenvalue weighted by atomic mass is 16.7. The molecule has 0 amide bonds. The van der Waals surface area contributed by atoms with Crippen LogP contribution in [0.15, 0.2) is 12.1 Å². The maximum atomic E-state index is 9.28. The van der Waals surface area contributed by atoms with Crippen LogP contribution in [0.2, 0.25) is 0 Å². The van der Waals surface area contributed by atoms with Gasteiger partial charge in [-0.05, 0) is 40.3 Å². The molecule has 20 heavy (non-hydrogen) atoms. The van der Waals surface area contributed by atoms with Crippen LogP contribution in [0, 0.1) is 11.3 Å². The van der Waals surface area contributed by atoms with Crippen LogP contribution in [0.1, 0.15) is 39.1 Å². The Morgan fingerprint density at radius 1 is 1.25 bits per heavy atom. The first-order valence-electron chi connectivity index (χ1n) is 6.76. The van der Waals surface area contributed by atoms with E-state index in [0.29, 0.717) is 24.1 Å². The third kappa shape index (κ3) is 2.57. The van der Waals surface area contributed by atoms with Gasteiger partial charge in [0.25, 0.3) is 0 Å². The quantitative estimate of drug-likeness (QED) is 0.822. The fraction of sp³-hybridized carbons (Fsp3) is 0.571. The highest BCUT2D eigenvalue weighted by molar-refractivity contribution is 6.62. The van der Waals surface area contributed by atoms with Gasteiger partial charge in [0.15, 0.2) is 0 Å². The topological polar surface area (TPSA) is 81.2 Å². The van der Waals surface area contributed by atoms with E-state index in [1.54, 1.807) is 0 Å². The average Bonchev–Trinajstić information content (AvgIpc) is 2.58. The van der Waals surface area contributed by atoms with Gasteiger partial charge in [-0.1, -0.05) is 6.07 Å². The minimum Gasteiger partial charge on any atom is -0.399 e. The van der Waals surface area contributed by atoms with E-state index in [1.165, 1.54) is 0 Å². The number of aromatic nitrogens is 1. The van der Waals surface area contributed by atoms with Crippen molar-refractivity contribution in [3.63, 3.8) is 0 Å². The second-order valence-electron chi connectivity index (χ2n) is 5.98. The van der Waals surface area contributed by atoms with E-state index in [0.717, 1.165) is 5.69 Å². The van der Waals surface area contributed by atoms with E-state index < -0.39 is 18.3 Å². The Bertz CT molecular complexity index is 536. The van der Waals surface area contributed by atoms with E-state index in [1.807, 2.05) is 39.8 Å². The molecule has 0 atom stereocenters. The Kier molecular flexibility index (Phi) is 3.87. The number of hydrogen-bond donors (Lipinski definition) is 1. The van der Waals surface area contributed by atoms with Crippen molar-refractivity contribution in [3.05, 3.63) is 23.5 Å².